The first-order valence-corrected chi connectivity index (χ1v) is 12.9. The SMILES string of the molecule is O[C@H]1CNCC[C@@H]1CNc1cc(NCc2c(F)cc(-c3ccccc3)cc2F)n2ncc(C3CC3)c2n1. The van der Waals surface area contributed by atoms with Crippen molar-refractivity contribution in [1.82, 2.24) is 19.9 Å². The Morgan fingerprint density at radius 3 is 2.51 bits per heavy atom. The van der Waals surface area contributed by atoms with E-state index in [0.29, 0.717) is 36.2 Å². The highest BCUT2D eigenvalue weighted by atomic mass is 19.1. The minimum Gasteiger partial charge on any atom is -0.391 e. The average molecular weight is 505 g/mol. The van der Waals surface area contributed by atoms with Crippen molar-refractivity contribution in [3.63, 3.8) is 0 Å². The van der Waals surface area contributed by atoms with Gasteiger partial charge < -0.3 is 21.1 Å². The third-order valence-electron chi connectivity index (χ3n) is 7.35. The summed E-state index contributed by atoms with van der Waals surface area (Å²) in [6.45, 7) is 2.00. The summed E-state index contributed by atoms with van der Waals surface area (Å²) in [7, 11) is 0. The Hall–Kier alpha value is -3.56. The lowest BCUT2D eigenvalue weighted by Gasteiger charge is -2.28. The number of hydrogen-bond donors (Lipinski definition) is 4. The predicted octanol–water partition coefficient (Wildman–Crippen LogP) is 4.55. The minimum absolute atomic E-state index is 0.0356. The van der Waals surface area contributed by atoms with Gasteiger partial charge in [0.1, 0.15) is 23.3 Å². The number of aromatic nitrogens is 3. The van der Waals surface area contributed by atoms with Crippen LogP contribution in [-0.4, -0.2) is 45.4 Å². The van der Waals surface area contributed by atoms with Gasteiger partial charge in [-0.3, -0.25) is 0 Å². The molecule has 6 rings (SSSR count). The molecule has 192 valence electrons. The Balaban J connectivity index is 1.26. The molecule has 2 atom stereocenters. The number of β-amino-alcohol motifs (C(OH)–C–C–N with tert-alkyl or cyclic N) is 1. The highest BCUT2D eigenvalue weighted by Gasteiger charge is 2.29. The molecular formula is C28H30F2N6O. The maximum Gasteiger partial charge on any atom is 0.163 e. The van der Waals surface area contributed by atoms with Crippen molar-refractivity contribution in [3.05, 3.63) is 77.5 Å². The van der Waals surface area contributed by atoms with E-state index in [0.717, 1.165) is 42.6 Å². The monoisotopic (exact) mass is 504 g/mol. The lowest BCUT2D eigenvalue weighted by Crippen LogP contribution is -2.43. The molecule has 0 spiro atoms. The molecule has 2 aromatic heterocycles. The molecule has 2 aromatic carbocycles. The number of benzene rings is 2. The second-order valence-corrected chi connectivity index (χ2v) is 9.98. The molecule has 1 aliphatic heterocycles. The summed E-state index contributed by atoms with van der Waals surface area (Å²) >= 11 is 0. The predicted molar refractivity (Wildman–Crippen MR) is 140 cm³/mol. The van der Waals surface area contributed by atoms with E-state index in [2.05, 4.69) is 21.0 Å². The van der Waals surface area contributed by atoms with E-state index < -0.39 is 17.7 Å². The number of rotatable bonds is 8. The smallest absolute Gasteiger partial charge is 0.163 e. The van der Waals surface area contributed by atoms with Gasteiger partial charge in [-0.15, -0.1) is 0 Å². The van der Waals surface area contributed by atoms with E-state index in [4.69, 9.17) is 4.98 Å². The molecule has 0 radical (unpaired) electrons. The number of nitrogens with one attached hydrogen (secondary N) is 3. The van der Waals surface area contributed by atoms with Gasteiger partial charge in [-0.1, -0.05) is 30.3 Å². The number of piperidine rings is 1. The Morgan fingerprint density at radius 2 is 1.78 bits per heavy atom. The minimum atomic E-state index is -0.603. The number of nitrogens with zero attached hydrogens (tertiary/aromatic N) is 3. The molecule has 4 aromatic rings. The summed E-state index contributed by atoms with van der Waals surface area (Å²) in [6, 6.07) is 13.7. The normalized spacial score (nSPS) is 19.8. The van der Waals surface area contributed by atoms with Gasteiger partial charge in [0.25, 0.3) is 0 Å². The third-order valence-corrected chi connectivity index (χ3v) is 7.35. The number of halogens is 2. The molecule has 1 saturated heterocycles. The molecule has 1 saturated carbocycles. The Morgan fingerprint density at radius 1 is 1.00 bits per heavy atom. The zero-order valence-corrected chi connectivity index (χ0v) is 20.4. The maximum absolute atomic E-state index is 15.0. The van der Waals surface area contributed by atoms with Crippen LogP contribution < -0.4 is 16.0 Å². The first-order chi connectivity index (χ1) is 18.1. The summed E-state index contributed by atoms with van der Waals surface area (Å²) in [4.78, 5) is 4.81. The Labute approximate surface area is 213 Å². The van der Waals surface area contributed by atoms with Crippen LogP contribution >= 0.6 is 0 Å². The van der Waals surface area contributed by atoms with E-state index in [1.807, 2.05) is 36.5 Å². The lowest BCUT2D eigenvalue weighted by molar-refractivity contribution is 0.0883. The summed E-state index contributed by atoms with van der Waals surface area (Å²) in [6.07, 6.45) is 4.51. The zero-order valence-electron chi connectivity index (χ0n) is 20.4. The third kappa shape index (κ3) is 5.01. The highest BCUT2D eigenvalue weighted by molar-refractivity contribution is 5.65. The number of aliphatic hydroxyl groups excluding tert-OH is 1. The largest absolute Gasteiger partial charge is 0.391 e. The molecular weight excluding hydrogens is 474 g/mol. The lowest BCUT2D eigenvalue weighted by atomic mass is 9.95. The van der Waals surface area contributed by atoms with E-state index in [9.17, 15) is 5.11 Å². The molecule has 0 bridgehead atoms. The first kappa shape index (κ1) is 23.8. The fourth-order valence-electron chi connectivity index (χ4n) is 5.00. The van der Waals surface area contributed by atoms with Crippen LogP contribution in [0.2, 0.25) is 0 Å². The van der Waals surface area contributed by atoms with Crippen molar-refractivity contribution in [2.24, 2.45) is 5.92 Å². The second-order valence-electron chi connectivity index (χ2n) is 9.98. The summed E-state index contributed by atoms with van der Waals surface area (Å²) in [5.74, 6) is 0.595. The molecule has 0 unspecified atom stereocenters. The molecule has 7 nitrogen and oxygen atoms in total. The molecule has 2 fully saturated rings. The summed E-state index contributed by atoms with van der Waals surface area (Å²) in [5.41, 5.74) is 3.04. The number of fused-ring (bicyclic) bond motifs is 1. The summed E-state index contributed by atoms with van der Waals surface area (Å²) < 4.78 is 31.7. The van der Waals surface area contributed by atoms with E-state index in [1.165, 1.54) is 12.1 Å². The van der Waals surface area contributed by atoms with Crippen molar-refractivity contribution in [1.29, 1.82) is 0 Å². The van der Waals surface area contributed by atoms with Crippen LogP contribution in [0.4, 0.5) is 20.4 Å². The number of aliphatic hydroxyl groups is 1. The van der Waals surface area contributed by atoms with Crippen LogP contribution in [0.15, 0.2) is 54.7 Å². The average Bonchev–Trinajstić information content (AvgIpc) is 3.66. The van der Waals surface area contributed by atoms with Crippen LogP contribution in [-0.2, 0) is 6.54 Å². The van der Waals surface area contributed by atoms with E-state index >= 15 is 8.78 Å². The van der Waals surface area contributed by atoms with Crippen molar-refractivity contribution in [3.8, 4) is 11.1 Å². The van der Waals surface area contributed by atoms with Crippen LogP contribution in [0.1, 0.15) is 36.3 Å². The van der Waals surface area contributed by atoms with Gasteiger partial charge in [0.15, 0.2) is 5.65 Å². The summed E-state index contributed by atoms with van der Waals surface area (Å²) in [5, 5.41) is 24.6. The van der Waals surface area contributed by atoms with Crippen LogP contribution in [0.3, 0.4) is 0 Å². The van der Waals surface area contributed by atoms with Crippen molar-refractivity contribution in [2.75, 3.05) is 30.3 Å². The van der Waals surface area contributed by atoms with E-state index in [1.54, 1.807) is 10.6 Å². The highest BCUT2D eigenvalue weighted by Crippen LogP contribution is 2.42. The quantitative estimate of drug-likeness (QED) is 0.282. The standard InChI is InChI=1S/C28H30F2N6O/c29-23-10-20(17-4-2-1-3-5-17)11-24(30)22(23)14-33-27-12-26(32-13-19-8-9-31-16-25(19)37)35-28-21(18-6-7-18)15-34-36(27)28/h1-5,10-12,15,18-19,25,31,33,37H,6-9,13-14,16H2,(H,32,35)/t19-,25+/m1/s1. The van der Waals surface area contributed by atoms with Crippen LogP contribution in [0.5, 0.6) is 0 Å². The Bertz CT molecular complexity index is 1380. The Kier molecular flexibility index (Phi) is 6.48. The first-order valence-electron chi connectivity index (χ1n) is 12.9. The van der Waals surface area contributed by atoms with Gasteiger partial charge in [-0.25, -0.2) is 13.8 Å². The van der Waals surface area contributed by atoms with Crippen molar-refractivity contribution >= 4 is 17.3 Å². The zero-order chi connectivity index (χ0) is 25.4. The van der Waals surface area contributed by atoms with Gasteiger partial charge in [0.05, 0.1) is 12.3 Å². The van der Waals surface area contributed by atoms with Crippen LogP contribution in [0, 0.1) is 17.6 Å². The maximum atomic E-state index is 15.0. The molecule has 1 aliphatic carbocycles. The van der Waals surface area contributed by atoms with Crippen molar-refractivity contribution < 1.29 is 13.9 Å². The fraction of sp³-hybridized carbons (Fsp3) is 0.357. The molecule has 3 heterocycles. The van der Waals surface area contributed by atoms with Gasteiger partial charge >= 0.3 is 0 Å². The topological polar surface area (TPSA) is 86.5 Å². The van der Waals surface area contributed by atoms with Gasteiger partial charge in [0, 0.05) is 42.7 Å². The number of hydrogen-bond acceptors (Lipinski definition) is 6. The molecule has 37 heavy (non-hydrogen) atoms. The molecule has 9 heteroatoms. The second kappa shape index (κ2) is 10.1. The molecule has 0 amide bonds. The van der Waals surface area contributed by atoms with Gasteiger partial charge in [0.2, 0.25) is 0 Å². The molecule has 2 aliphatic rings. The van der Waals surface area contributed by atoms with Gasteiger partial charge in [-0.05, 0) is 55.0 Å². The van der Waals surface area contributed by atoms with Gasteiger partial charge in [-0.2, -0.15) is 9.61 Å². The van der Waals surface area contributed by atoms with Crippen LogP contribution in [0.25, 0.3) is 16.8 Å². The number of anilines is 2. The fourth-order valence-corrected chi connectivity index (χ4v) is 5.00. The van der Waals surface area contributed by atoms with Crippen molar-refractivity contribution in [2.45, 2.75) is 37.8 Å². The molecule has 4 N–H and O–H groups in total. The van der Waals surface area contributed by atoms with E-state index in [-0.39, 0.29) is 18.0 Å².